The first-order valence-corrected chi connectivity index (χ1v) is 6.65. The molecule has 0 saturated heterocycles. The molecule has 0 aromatic heterocycles. The third kappa shape index (κ3) is 4.13. The summed E-state index contributed by atoms with van der Waals surface area (Å²) in [4.78, 5) is 10.3. The van der Waals surface area contributed by atoms with Gasteiger partial charge in [-0.25, -0.2) is 8.42 Å². The molecule has 4 N–H and O–H groups in total. The van der Waals surface area contributed by atoms with Crippen LogP contribution in [-0.2, 0) is 14.8 Å². The van der Waals surface area contributed by atoms with Gasteiger partial charge in [-0.3, -0.25) is 9.52 Å². The molecule has 0 spiro atoms. The summed E-state index contributed by atoms with van der Waals surface area (Å²) < 4.78 is 30.4. The van der Waals surface area contributed by atoms with Crippen LogP contribution in [0.4, 0.5) is 11.4 Å². The third-order valence-corrected chi connectivity index (χ3v) is 3.35. The predicted molar refractivity (Wildman–Crippen MR) is 67.1 cm³/mol. The number of carbonyl (C=O) groups is 1. The Morgan fingerprint density at radius 1 is 1.50 bits per heavy atom. The van der Waals surface area contributed by atoms with Crippen LogP contribution in [0.25, 0.3) is 0 Å². The lowest BCUT2D eigenvalue weighted by Gasteiger charge is -2.11. The smallest absolute Gasteiger partial charge is 0.304 e. The summed E-state index contributed by atoms with van der Waals surface area (Å²) in [5.41, 5.74) is 6.09. The standard InChI is InChI=1S/C10H14N2O5S/c1-17-9-3-2-7(11)6-8(9)12-18(15,16)5-4-10(13)14/h2-3,6,12H,4-5,11H2,1H3,(H,13,14). The van der Waals surface area contributed by atoms with Gasteiger partial charge < -0.3 is 15.6 Å². The fourth-order valence-corrected chi connectivity index (χ4v) is 2.29. The van der Waals surface area contributed by atoms with Crippen LogP contribution in [-0.4, -0.2) is 32.4 Å². The molecule has 8 heteroatoms. The number of nitrogens with two attached hydrogens (primary N) is 1. The van der Waals surface area contributed by atoms with E-state index in [4.69, 9.17) is 15.6 Å². The van der Waals surface area contributed by atoms with Gasteiger partial charge in [-0.15, -0.1) is 0 Å². The maximum absolute atomic E-state index is 11.6. The van der Waals surface area contributed by atoms with Gasteiger partial charge in [0.2, 0.25) is 10.0 Å². The van der Waals surface area contributed by atoms with Crippen molar-refractivity contribution in [1.29, 1.82) is 0 Å². The lowest BCUT2D eigenvalue weighted by atomic mass is 10.2. The topological polar surface area (TPSA) is 119 Å². The summed E-state index contributed by atoms with van der Waals surface area (Å²) >= 11 is 0. The van der Waals surface area contributed by atoms with Crippen LogP contribution in [0.5, 0.6) is 5.75 Å². The van der Waals surface area contributed by atoms with Crippen molar-refractivity contribution in [2.45, 2.75) is 6.42 Å². The Labute approximate surface area is 105 Å². The summed E-state index contributed by atoms with van der Waals surface area (Å²) in [6.45, 7) is 0. The van der Waals surface area contributed by atoms with Crippen molar-refractivity contribution < 1.29 is 23.1 Å². The number of rotatable bonds is 6. The predicted octanol–water partition coefficient (Wildman–Crippen LogP) is 0.494. The van der Waals surface area contributed by atoms with E-state index in [9.17, 15) is 13.2 Å². The Bertz CT molecular complexity index is 541. The summed E-state index contributed by atoms with van der Waals surface area (Å²) in [6.07, 6.45) is -0.472. The fraction of sp³-hybridized carbons (Fsp3) is 0.300. The van der Waals surface area contributed by atoms with Crippen molar-refractivity contribution in [3.05, 3.63) is 18.2 Å². The molecule has 7 nitrogen and oxygen atoms in total. The number of hydrogen-bond acceptors (Lipinski definition) is 5. The molecule has 1 aromatic rings. The number of methoxy groups -OCH3 is 1. The van der Waals surface area contributed by atoms with Crippen molar-refractivity contribution in [2.75, 3.05) is 23.3 Å². The molecule has 0 unspecified atom stereocenters. The quantitative estimate of drug-likeness (QED) is 0.650. The molecule has 0 fully saturated rings. The van der Waals surface area contributed by atoms with Gasteiger partial charge in [0, 0.05) is 5.69 Å². The first-order chi connectivity index (χ1) is 8.34. The minimum atomic E-state index is -3.75. The third-order valence-electron chi connectivity index (χ3n) is 2.07. The minimum Gasteiger partial charge on any atom is -0.495 e. The number of nitrogens with one attached hydrogen (secondary N) is 1. The zero-order valence-electron chi connectivity index (χ0n) is 9.71. The van der Waals surface area contributed by atoms with Crippen molar-refractivity contribution >= 4 is 27.4 Å². The average molecular weight is 274 g/mol. The molecule has 18 heavy (non-hydrogen) atoms. The average Bonchev–Trinajstić information content (AvgIpc) is 2.26. The highest BCUT2D eigenvalue weighted by molar-refractivity contribution is 7.92. The van der Waals surface area contributed by atoms with E-state index in [-0.39, 0.29) is 5.69 Å². The Morgan fingerprint density at radius 3 is 2.72 bits per heavy atom. The number of ether oxygens (including phenoxy) is 1. The number of hydrogen-bond donors (Lipinski definition) is 3. The zero-order valence-corrected chi connectivity index (χ0v) is 10.5. The Morgan fingerprint density at radius 2 is 2.17 bits per heavy atom. The number of nitrogen functional groups attached to an aromatic ring is 1. The van der Waals surface area contributed by atoms with Crippen molar-refractivity contribution in [3.8, 4) is 5.75 Å². The fourth-order valence-electron chi connectivity index (χ4n) is 1.25. The summed E-state index contributed by atoms with van der Waals surface area (Å²) in [5.74, 6) is -1.39. The van der Waals surface area contributed by atoms with Crippen LogP contribution >= 0.6 is 0 Å². The van der Waals surface area contributed by atoms with Gasteiger partial charge in [-0.05, 0) is 18.2 Å². The highest BCUT2D eigenvalue weighted by Gasteiger charge is 2.15. The van der Waals surface area contributed by atoms with E-state index in [0.29, 0.717) is 11.4 Å². The summed E-state index contributed by atoms with van der Waals surface area (Å²) in [5, 5.41) is 8.45. The van der Waals surface area contributed by atoms with Gasteiger partial charge in [0.15, 0.2) is 0 Å². The van der Waals surface area contributed by atoms with Gasteiger partial charge in [-0.2, -0.15) is 0 Å². The monoisotopic (exact) mass is 274 g/mol. The molecular formula is C10H14N2O5S. The zero-order chi connectivity index (χ0) is 13.8. The molecule has 0 heterocycles. The number of aliphatic carboxylic acids is 1. The highest BCUT2D eigenvalue weighted by Crippen LogP contribution is 2.27. The van der Waals surface area contributed by atoms with Crippen LogP contribution in [0, 0.1) is 0 Å². The second kappa shape index (κ2) is 5.58. The van der Waals surface area contributed by atoms with Crippen LogP contribution in [0.1, 0.15) is 6.42 Å². The van der Waals surface area contributed by atoms with E-state index >= 15 is 0 Å². The van der Waals surface area contributed by atoms with Gasteiger partial charge in [0.25, 0.3) is 0 Å². The van der Waals surface area contributed by atoms with Crippen molar-refractivity contribution in [2.24, 2.45) is 0 Å². The molecule has 0 aliphatic rings. The summed E-state index contributed by atoms with van der Waals surface area (Å²) in [7, 11) is -2.36. The van der Waals surface area contributed by atoms with E-state index in [0.717, 1.165) is 0 Å². The summed E-state index contributed by atoms with van der Waals surface area (Å²) in [6, 6.07) is 4.48. The van der Waals surface area contributed by atoms with Crippen molar-refractivity contribution in [1.82, 2.24) is 0 Å². The second-order valence-corrected chi connectivity index (χ2v) is 5.37. The van der Waals surface area contributed by atoms with Gasteiger partial charge >= 0.3 is 5.97 Å². The number of benzene rings is 1. The number of sulfonamides is 1. The van der Waals surface area contributed by atoms with E-state index in [2.05, 4.69) is 4.72 Å². The maximum atomic E-state index is 11.6. The van der Waals surface area contributed by atoms with E-state index in [1.165, 1.54) is 19.2 Å². The molecule has 0 radical (unpaired) electrons. The van der Waals surface area contributed by atoms with Crippen molar-refractivity contribution in [3.63, 3.8) is 0 Å². The highest BCUT2D eigenvalue weighted by atomic mass is 32.2. The Hall–Kier alpha value is -1.96. The second-order valence-electron chi connectivity index (χ2n) is 3.52. The minimum absolute atomic E-state index is 0.183. The Kier molecular flexibility index (Phi) is 4.38. The first-order valence-electron chi connectivity index (χ1n) is 5.00. The molecule has 0 amide bonds. The molecule has 1 aromatic carbocycles. The van der Waals surface area contributed by atoms with Crippen LogP contribution in [0.2, 0.25) is 0 Å². The molecule has 100 valence electrons. The lowest BCUT2D eigenvalue weighted by molar-refractivity contribution is -0.136. The molecule has 0 atom stereocenters. The van der Waals surface area contributed by atoms with E-state index in [1.54, 1.807) is 6.07 Å². The number of carboxylic acids is 1. The maximum Gasteiger partial charge on any atom is 0.304 e. The molecule has 0 bridgehead atoms. The first kappa shape index (κ1) is 14.1. The molecule has 0 aliphatic carbocycles. The van der Waals surface area contributed by atoms with Gasteiger partial charge in [0.05, 0.1) is 25.0 Å². The van der Waals surface area contributed by atoms with Crippen LogP contribution in [0.3, 0.4) is 0 Å². The van der Waals surface area contributed by atoms with E-state index < -0.39 is 28.2 Å². The molecular weight excluding hydrogens is 260 g/mol. The van der Waals surface area contributed by atoms with Gasteiger partial charge in [0.1, 0.15) is 5.75 Å². The molecule has 1 rings (SSSR count). The number of carboxylic acid groups (broad SMARTS) is 1. The lowest BCUT2D eigenvalue weighted by Crippen LogP contribution is -2.19. The normalized spacial score (nSPS) is 10.9. The van der Waals surface area contributed by atoms with Gasteiger partial charge in [-0.1, -0.05) is 0 Å². The molecule has 0 saturated carbocycles. The van der Waals surface area contributed by atoms with E-state index in [1.807, 2.05) is 0 Å². The SMILES string of the molecule is COc1ccc(N)cc1NS(=O)(=O)CCC(=O)O. The molecule has 0 aliphatic heterocycles. The van der Waals surface area contributed by atoms with Crippen LogP contribution in [0.15, 0.2) is 18.2 Å². The van der Waals surface area contributed by atoms with Crippen LogP contribution < -0.4 is 15.2 Å². The largest absolute Gasteiger partial charge is 0.495 e. The Balaban J connectivity index is 2.89. The number of anilines is 2.